The van der Waals surface area contributed by atoms with E-state index in [4.69, 9.17) is 0 Å². The number of carbonyl (C=O) groups excluding carboxylic acids is 2. The summed E-state index contributed by atoms with van der Waals surface area (Å²) >= 11 is 1.39. The molecule has 1 heterocycles. The molecule has 10 heteroatoms. The summed E-state index contributed by atoms with van der Waals surface area (Å²) in [7, 11) is 0. The molecule has 25 heavy (non-hydrogen) atoms. The number of anilines is 2. The summed E-state index contributed by atoms with van der Waals surface area (Å²) in [6.07, 6.45) is 0.308. The Hall–Kier alpha value is -2.62. The van der Waals surface area contributed by atoms with Crippen LogP contribution in [0.1, 0.15) is 19.2 Å². The van der Waals surface area contributed by atoms with Gasteiger partial charge in [0, 0.05) is 24.4 Å². The third-order valence-electron chi connectivity index (χ3n) is 3.01. The molecule has 1 aromatic carbocycles. The second-order valence-corrected chi connectivity index (χ2v) is 6.09. The summed E-state index contributed by atoms with van der Waals surface area (Å²) in [4.78, 5) is 27.4. The van der Waals surface area contributed by atoms with Crippen LogP contribution in [-0.4, -0.2) is 39.4 Å². The summed E-state index contributed by atoms with van der Waals surface area (Å²) in [5.74, 6) is 0.509. The maximum atomic E-state index is 13.8. The van der Waals surface area contributed by atoms with Crippen molar-refractivity contribution in [3.05, 3.63) is 29.8 Å². The number of amides is 3. The van der Waals surface area contributed by atoms with Crippen LogP contribution in [0, 0.1) is 12.7 Å². The van der Waals surface area contributed by atoms with E-state index in [-0.39, 0.29) is 11.6 Å². The van der Waals surface area contributed by atoms with Gasteiger partial charge in [-0.05, 0) is 25.1 Å². The fraction of sp³-hybridized carbons (Fsp3) is 0.333. The van der Waals surface area contributed by atoms with Crippen molar-refractivity contribution in [1.82, 2.24) is 20.5 Å². The highest BCUT2D eigenvalue weighted by Gasteiger charge is 2.09. The van der Waals surface area contributed by atoms with Crippen molar-refractivity contribution in [2.75, 3.05) is 22.9 Å². The average Bonchev–Trinajstić information content (AvgIpc) is 3.00. The molecule has 0 bridgehead atoms. The Balaban J connectivity index is 1.80. The number of H-pyrrole nitrogens is 1. The minimum absolute atomic E-state index is 0.0105. The summed E-state index contributed by atoms with van der Waals surface area (Å²) < 4.78 is 13.8. The third-order valence-corrected chi connectivity index (χ3v) is 3.86. The van der Waals surface area contributed by atoms with Gasteiger partial charge in [0.25, 0.3) is 0 Å². The van der Waals surface area contributed by atoms with Gasteiger partial charge < -0.3 is 16.0 Å². The molecule has 0 radical (unpaired) electrons. The standard InChI is InChI=1S/C15H19FN6O2S/c1-3-13(23)19-10-4-5-11(16)12(8-10)20-14(24)17-6-7-25-15-18-9(2)21-22-15/h4-5,8H,3,6-7H2,1-2H3,(H,19,23)(H2,17,20,24)(H,18,21,22). The van der Waals surface area contributed by atoms with E-state index >= 15 is 0 Å². The number of urea groups is 1. The van der Waals surface area contributed by atoms with E-state index < -0.39 is 11.8 Å². The molecule has 2 aromatic rings. The quantitative estimate of drug-likeness (QED) is 0.444. The Morgan fingerprint density at radius 1 is 1.32 bits per heavy atom. The molecular formula is C15H19FN6O2S. The first-order chi connectivity index (χ1) is 12.0. The van der Waals surface area contributed by atoms with Crippen molar-refractivity contribution in [1.29, 1.82) is 0 Å². The number of thioether (sulfide) groups is 1. The average molecular weight is 366 g/mol. The van der Waals surface area contributed by atoms with Crippen LogP contribution in [0.25, 0.3) is 0 Å². The normalized spacial score (nSPS) is 10.4. The lowest BCUT2D eigenvalue weighted by Gasteiger charge is -2.10. The van der Waals surface area contributed by atoms with Gasteiger partial charge in [0.2, 0.25) is 11.1 Å². The highest BCUT2D eigenvalue weighted by molar-refractivity contribution is 7.99. The molecular weight excluding hydrogens is 347 g/mol. The molecule has 4 N–H and O–H groups in total. The van der Waals surface area contributed by atoms with Crippen molar-refractivity contribution in [3.8, 4) is 0 Å². The van der Waals surface area contributed by atoms with Crippen LogP contribution in [0.4, 0.5) is 20.6 Å². The number of aromatic nitrogens is 3. The minimum Gasteiger partial charge on any atom is -0.337 e. The predicted octanol–water partition coefficient (Wildman–Crippen LogP) is 2.51. The van der Waals surface area contributed by atoms with Crippen LogP contribution >= 0.6 is 11.8 Å². The maximum absolute atomic E-state index is 13.8. The Labute approximate surface area is 148 Å². The SMILES string of the molecule is CCC(=O)Nc1ccc(F)c(NC(=O)NCCSc2n[nH]c(C)n2)c1. The zero-order valence-corrected chi connectivity index (χ0v) is 14.7. The van der Waals surface area contributed by atoms with E-state index in [0.717, 1.165) is 5.82 Å². The molecule has 0 atom stereocenters. The highest BCUT2D eigenvalue weighted by atomic mass is 32.2. The van der Waals surface area contributed by atoms with Gasteiger partial charge in [-0.3, -0.25) is 9.89 Å². The zero-order chi connectivity index (χ0) is 18.2. The van der Waals surface area contributed by atoms with Gasteiger partial charge in [0.05, 0.1) is 5.69 Å². The van der Waals surface area contributed by atoms with Crippen molar-refractivity contribution in [2.45, 2.75) is 25.4 Å². The third kappa shape index (κ3) is 6.07. The second kappa shape index (κ2) is 9.02. The number of halogens is 1. The van der Waals surface area contributed by atoms with Crippen LogP contribution < -0.4 is 16.0 Å². The van der Waals surface area contributed by atoms with Gasteiger partial charge in [-0.2, -0.15) is 0 Å². The van der Waals surface area contributed by atoms with E-state index in [1.807, 2.05) is 0 Å². The van der Waals surface area contributed by atoms with Crippen molar-refractivity contribution in [3.63, 3.8) is 0 Å². The fourth-order valence-electron chi connectivity index (χ4n) is 1.81. The van der Waals surface area contributed by atoms with Crippen LogP contribution in [0.5, 0.6) is 0 Å². The van der Waals surface area contributed by atoms with Crippen molar-refractivity contribution in [2.24, 2.45) is 0 Å². The van der Waals surface area contributed by atoms with Crippen LogP contribution in [0.2, 0.25) is 0 Å². The summed E-state index contributed by atoms with van der Waals surface area (Å²) in [5.41, 5.74) is 0.405. The van der Waals surface area contributed by atoms with E-state index in [2.05, 4.69) is 31.1 Å². The van der Waals surface area contributed by atoms with Gasteiger partial charge in [-0.25, -0.2) is 14.2 Å². The number of aryl methyl sites for hydroxylation is 1. The number of rotatable bonds is 7. The van der Waals surface area contributed by atoms with Gasteiger partial charge in [-0.1, -0.05) is 18.7 Å². The van der Waals surface area contributed by atoms with Gasteiger partial charge in [-0.15, -0.1) is 5.10 Å². The smallest absolute Gasteiger partial charge is 0.319 e. The molecule has 1 aromatic heterocycles. The van der Waals surface area contributed by atoms with Crippen LogP contribution in [-0.2, 0) is 4.79 Å². The number of nitrogens with zero attached hydrogens (tertiary/aromatic N) is 2. The maximum Gasteiger partial charge on any atom is 0.319 e. The molecule has 3 amide bonds. The molecule has 0 unspecified atom stereocenters. The largest absolute Gasteiger partial charge is 0.337 e. The molecule has 8 nitrogen and oxygen atoms in total. The lowest BCUT2D eigenvalue weighted by atomic mass is 10.2. The van der Waals surface area contributed by atoms with E-state index in [1.54, 1.807) is 13.8 Å². The molecule has 0 aliphatic rings. The van der Waals surface area contributed by atoms with Gasteiger partial charge in [0.15, 0.2) is 0 Å². The molecule has 0 spiro atoms. The molecule has 2 rings (SSSR count). The second-order valence-electron chi connectivity index (χ2n) is 5.03. The van der Waals surface area contributed by atoms with E-state index in [1.165, 1.54) is 30.0 Å². The first-order valence-electron chi connectivity index (χ1n) is 7.64. The summed E-state index contributed by atoms with van der Waals surface area (Å²) in [6, 6.07) is 3.45. The number of hydrogen-bond donors (Lipinski definition) is 4. The number of carbonyl (C=O) groups is 2. The van der Waals surface area contributed by atoms with Gasteiger partial charge in [0.1, 0.15) is 11.6 Å². The topological polar surface area (TPSA) is 112 Å². The van der Waals surface area contributed by atoms with Gasteiger partial charge >= 0.3 is 6.03 Å². The number of aromatic amines is 1. The van der Waals surface area contributed by atoms with Crippen molar-refractivity contribution >= 4 is 35.1 Å². The summed E-state index contributed by atoms with van der Waals surface area (Å²) in [6.45, 7) is 3.87. The van der Waals surface area contributed by atoms with E-state index in [9.17, 15) is 14.0 Å². The summed E-state index contributed by atoms with van der Waals surface area (Å²) in [5, 5.41) is 14.9. The number of hydrogen-bond acceptors (Lipinski definition) is 5. The molecule has 0 saturated heterocycles. The number of nitrogens with one attached hydrogen (secondary N) is 4. The molecule has 0 aliphatic heterocycles. The monoisotopic (exact) mass is 366 g/mol. The number of benzene rings is 1. The minimum atomic E-state index is -0.588. The molecule has 0 fully saturated rings. The Kier molecular flexibility index (Phi) is 6.75. The molecule has 0 saturated carbocycles. The zero-order valence-electron chi connectivity index (χ0n) is 13.9. The Morgan fingerprint density at radius 3 is 2.80 bits per heavy atom. The predicted molar refractivity (Wildman–Crippen MR) is 94.2 cm³/mol. The molecule has 134 valence electrons. The van der Waals surface area contributed by atoms with E-state index in [0.29, 0.717) is 29.6 Å². The van der Waals surface area contributed by atoms with Crippen LogP contribution in [0.15, 0.2) is 23.4 Å². The van der Waals surface area contributed by atoms with Crippen LogP contribution in [0.3, 0.4) is 0 Å². The Morgan fingerprint density at radius 2 is 2.12 bits per heavy atom. The highest BCUT2D eigenvalue weighted by Crippen LogP contribution is 2.19. The first kappa shape index (κ1) is 18.7. The van der Waals surface area contributed by atoms with Crippen molar-refractivity contribution < 1.29 is 14.0 Å². The first-order valence-corrected chi connectivity index (χ1v) is 8.62. The molecule has 0 aliphatic carbocycles. The lowest BCUT2D eigenvalue weighted by Crippen LogP contribution is -2.30. The fourth-order valence-corrected chi connectivity index (χ4v) is 2.51. The Bertz CT molecular complexity index is 751. The lowest BCUT2D eigenvalue weighted by molar-refractivity contribution is -0.115.